The van der Waals surface area contributed by atoms with Gasteiger partial charge in [-0.25, -0.2) is 4.79 Å². The zero-order valence-electron chi connectivity index (χ0n) is 21.2. The van der Waals surface area contributed by atoms with Gasteiger partial charge >= 0.3 is 5.97 Å². The zero-order valence-corrected chi connectivity index (χ0v) is 22.1. The van der Waals surface area contributed by atoms with Gasteiger partial charge in [-0.15, -0.1) is 0 Å². The normalized spacial score (nSPS) is 14.0. The van der Waals surface area contributed by atoms with Crippen LogP contribution in [0.2, 0.25) is 0 Å². The second-order valence-corrected chi connectivity index (χ2v) is 9.34. The van der Waals surface area contributed by atoms with Crippen LogP contribution in [0.3, 0.4) is 0 Å². The number of rotatable bonds is 16. The van der Waals surface area contributed by atoms with E-state index in [0.29, 0.717) is 32.2 Å². The molecule has 0 aliphatic carbocycles. The number of carbonyl (C=O) groups is 4. The van der Waals surface area contributed by atoms with E-state index in [1.54, 1.807) is 24.3 Å². The van der Waals surface area contributed by atoms with Crippen molar-refractivity contribution in [3.63, 3.8) is 0 Å². The molecule has 0 spiro atoms. The number of amides is 3. The molecular weight excluding hydrogens is 506 g/mol. The van der Waals surface area contributed by atoms with Crippen LogP contribution in [-0.2, 0) is 32.0 Å². The van der Waals surface area contributed by atoms with Crippen LogP contribution in [0.15, 0.2) is 60.7 Å². The standard InChI is InChI=1S/C27H37N5O5S/c28-14-8-7-13-21(30-24(33)20(29)15-18-9-3-1-4-10-18)25(34)32-23(17-38)26(35)31-22(27(36)37)16-19-11-5-2-6-12-19/h1-6,9-12,20-23,38H,7-8,13-17,28-29H2,(H,30,33)(H,31,35)(H,32,34)(H,36,37). The molecule has 2 aromatic carbocycles. The second-order valence-electron chi connectivity index (χ2n) is 8.97. The minimum Gasteiger partial charge on any atom is -0.480 e. The first-order valence-electron chi connectivity index (χ1n) is 12.5. The highest BCUT2D eigenvalue weighted by atomic mass is 32.1. The smallest absolute Gasteiger partial charge is 0.326 e. The maximum atomic E-state index is 13.1. The summed E-state index contributed by atoms with van der Waals surface area (Å²) in [5, 5.41) is 17.3. The van der Waals surface area contributed by atoms with E-state index in [-0.39, 0.29) is 12.2 Å². The van der Waals surface area contributed by atoms with Crippen LogP contribution in [0.5, 0.6) is 0 Å². The predicted molar refractivity (Wildman–Crippen MR) is 148 cm³/mol. The van der Waals surface area contributed by atoms with Crippen molar-refractivity contribution < 1.29 is 24.3 Å². The minimum atomic E-state index is -1.20. The fourth-order valence-electron chi connectivity index (χ4n) is 3.79. The summed E-state index contributed by atoms with van der Waals surface area (Å²) in [6.45, 7) is 0.426. The largest absolute Gasteiger partial charge is 0.480 e. The average Bonchev–Trinajstić information content (AvgIpc) is 2.91. The molecule has 0 fully saturated rings. The van der Waals surface area contributed by atoms with E-state index < -0.39 is 47.9 Å². The molecule has 4 atom stereocenters. The van der Waals surface area contributed by atoms with Gasteiger partial charge in [-0.1, -0.05) is 60.7 Å². The van der Waals surface area contributed by atoms with Gasteiger partial charge in [0.2, 0.25) is 17.7 Å². The molecule has 10 nitrogen and oxygen atoms in total. The molecule has 4 unspecified atom stereocenters. The van der Waals surface area contributed by atoms with Gasteiger partial charge in [-0.05, 0) is 43.4 Å². The van der Waals surface area contributed by atoms with Crippen molar-refractivity contribution >= 4 is 36.3 Å². The Morgan fingerprint density at radius 2 is 1.24 bits per heavy atom. The molecule has 3 amide bonds. The number of thiol groups is 1. The van der Waals surface area contributed by atoms with Crippen molar-refractivity contribution in [1.29, 1.82) is 0 Å². The maximum absolute atomic E-state index is 13.1. The lowest BCUT2D eigenvalue weighted by molar-refractivity contribution is -0.142. The summed E-state index contributed by atoms with van der Waals surface area (Å²) < 4.78 is 0. The SMILES string of the molecule is NCCCCC(NC(=O)C(N)Cc1ccccc1)C(=O)NC(CS)C(=O)NC(Cc1ccccc1)C(=O)O. The Kier molecular flexibility index (Phi) is 13.3. The molecule has 11 heteroatoms. The topological polar surface area (TPSA) is 177 Å². The highest BCUT2D eigenvalue weighted by Gasteiger charge is 2.29. The Morgan fingerprint density at radius 1 is 0.737 bits per heavy atom. The number of carboxylic acids is 1. The maximum Gasteiger partial charge on any atom is 0.326 e. The quantitative estimate of drug-likeness (QED) is 0.118. The first-order chi connectivity index (χ1) is 18.2. The van der Waals surface area contributed by atoms with E-state index >= 15 is 0 Å². The van der Waals surface area contributed by atoms with Crippen LogP contribution in [0.1, 0.15) is 30.4 Å². The Morgan fingerprint density at radius 3 is 1.76 bits per heavy atom. The molecule has 0 aromatic heterocycles. The number of hydrogen-bond acceptors (Lipinski definition) is 7. The van der Waals surface area contributed by atoms with Crippen molar-refractivity contribution in [3.05, 3.63) is 71.8 Å². The molecule has 8 N–H and O–H groups in total. The Labute approximate surface area is 228 Å². The molecule has 2 aromatic rings. The molecule has 0 heterocycles. The van der Waals surface area contributed by atoms with E-state index in [2.05, 4.69) is 28.6 Å². The number of unbranched alkanes of at least 4 members (excludes halogenated alkanes) is 1. The number of carboxylic acid groups (broad SMARTS) is 1. The van der Waals surface area contributed by atoms with E-state index in [0.717, 1.165) is 11.1 Å². The van der Waals surface area contributed by atoms with E-state index in [1.807, 2.05) is 36.4 Å². The number of nitrogens with one attached hydrogen (secondary N) is 3. The molecule has 0 saturated carbocycles. The van der Waals surface area contributed by atoms with E-state index in [1.165, 1.54) is 0 Å². The number of benzene rings is 2. The Hall–Kier alpha value is -3.41. The van der Waals surface area contributed by atoms with Crippen molar-refractivity contribution in [1.82, 2.24) is 16.0 Å². The van der Waals surface area contributed by atoms with Gasteiger partial charge in [0.25, 0.3) is 0 Å². The summed E-state index contributed by atoms with van der Waals surface area (Å²) in [6.07, 6.45) is 1.87. The van der Waals surface area contributed by atoms with Crippen molar-refractivity contribution in [2.45, 2.75) is 56.3 Å². The number of nitrogens with two attached hydrogens (primary N) is 2. The highest BCUT2D eigenvalue weighted by molar-refractivity contribution is 7.80. The number of hydrogen-bond donors (Lipinski definition) is 7. The molecule has 2 rings (SSSR count). The van der Waals surface area contributed by atoms with Crippen molar-refractivity contribution in [2.24, 2.45) is 11.5 Å². The minimum absolute atomic E-state index is 0.0756. The summed E-state index contributed by atoms with van der Waals surface area (Å²) in [6, 6.07) is 14.0. The third-order valence-electron chi connectivity index (χ3n) is 5.93. The fraction of sp³-hybridized carbons (Fsp3) is 0.407. The summed E-state index contributed by atoms with van der Waals surface area (Å²) in [5.74, 6) is -3.06. The number of carbonyl (C=O) groups excluding carboxylic acids is 3. The number of aliphatic carboxylic acids is 1. The predicted octanol–water partition coefficient (Wildman–Crippen LogP) is 0.397. The molecular formula is C27H37N5O5S. The van der Waals surface area contributed by atoms with Gasteiger partial charge in [-0.3, -0.25) is 14.4 Å². The molecule has 0 saturated heterocycles. The summed E-state index contributed by atoms with van der Waals surface area (Å²) in [7, 11) is 0. The van der Waals surface area contributed by atoms with Crippen molar-refractivity contribution in [3.8, 4) is 0 Å². The summed E-state index contributed by atoms with van der Waals surface area (Å²) in [4.78, 5) is 50.5. The van der Waals surface area contributed by atoms with Crippen LogP contribution < -0.4 is 27.4 Å². The summed E-state index contributed by atoms with van der Waals surface area (Å²) >= 11 is 4.17. The Bertz CT molecular complexity index is 1040. The second kappa shape index (κ2) is 16.4. The fourth-order valence-corrected chi connectivity index (χ4v) is 4.05. The van der Waals surface area contributed by atoms with Gasteiger partial charge in [0.05, 0.1) is 6.04 Å². The van der Waals surface area contributed by atoms with E-state index in [9.17, 15) is 24.3 Å². The van der Waals surface area contributed by atoms with Crippen molar-refractivity contribution in [2.75, 3.05) is 12.3 Å². The molecule has 38 heavy (non-hydrogen) atoms. The lowest BCUT2D eigenvalue weighted by Crippen LogP contribution is -2.58. The highest BCUT2D eigenvalue weighted by Crippen LogP contribution is 2.07. The molecule has 0 radical (unpaired) electrons. The van der Waals surface area contributed by atoms with Gasteiger partial charge in [0, 0.05) is 12.2 Å². The van der Waals surface area contributed by atoms with Crippen LogP contribution in [0.4, 0.5) is 0 Å². The lowest BCUT2D eigenvalue weighted by atomic mass is 10.0. The monoisotopic (exact) mass is 543 g/mol. The van der Waals surface area contributed by atoms with E-state index in [4.69, 9.17) is 11.5 Å². The van der Waals surface area contributed by atoms with Gasteiger partial charge < -0.3 is 32.5 Å². The first-order valence-corrected chi connectivity index (χ1v) is 13.2. The molecule has 0 aliphatic heterocycles. The van der Waals surface area contributed by atoms with Crippen LogP contribution >= 0.6 is 12.6 Å². The van der Waals surface area contributed by atoms with Crippen LogP contribution in [0.25, 0.3) is 0 Å². The molecule has 0 aliphatic rings. The van der Waals surface area contributed by atoms with Gasteiger partial charge in [0.1, 0.15) is 18.1 Å². The third kappa shape index (κ3) is 10.5. The molecule has 0 bridgehead atoms. The Balaban J connectivity index is 2.04. The first kappa shape index (κ1) is 30.8. The third-order valence-corrected chi connectivity index (χ3v) is 6.29. The molecule has 206 valence electrons. The zero-order chi connectivity index (χ0) is 27.9. The average molecular weight is 544 g/mol. The van der Waals surface area contributed by atoms with Gasteiger partial charge in [-0.2, -0.15) is 12.6 Å². The van der Waals surface area contributed by atoms with Crippen LogP contribution in [-0.4, -0.2) is 65.3 Å². The van der Waals surface area contributed by atoms with Crippen LogP contribution in [0, 0.1) is 0 Å². The van der Waals surface area contributed by atoms with Gasteiger partial charge in [0.15, 0.2) is 0 Å². The lowest BCUT2D eigenvalue weighted by Gasteiger charge is -2.24. The summed E-state index contributed by atoms with van der Waals surface area (Å²) in [5.41, 5.74) is 13.3.